The van der Waals surface area contributed by atoms with Crippen LogP contribution in [-0.2, 0) is 19.5 Å². The van der Waals surface area contributed by atoms with Gasteiger partial charge < -0.3 is 11.5 Å². The molecule has 0 bridgehead atoms. The number of nitrogens with two attached hydrogens (primary N) is 2. The van der Waals surface area contributed by atoms with E-state index in [2.05, 4.69) is 11.5 Å². The summed E-state index contributed by atoms with van der Waals surface area (Å²) in [6.07, 6.45) is 0. The summed E-state index contributed by atoms with van der Waals surface area (Å²) in [5.74, 6) is 0. The molecule has 0 aliphatic rings. The average Bonchev–Trinajstić information content (AvgIpc) is 1.41. The van der Waals surface area contributed by atoms with Crippen molar-refractivity contribution >= 4 is 6.03 Å². The quantitative estimate of drug-likeness (QED) is 0.208. The molecule has 0 atom stereocenters. The third-order valence-electron chi connectivity index (χ3n) is 0. The second kappa shape index (κ2) is 17.0. The van der Waals surface area contributed by atoms with Crippen molar-refractivity contribution in [2.45, 2.75) is 0 Å². The van der Waals surface area contributed by atoms with Gasteiger partial charge in [0.1, 0.15) is 0 Å². The number of primary amides is 2. The number of urea groups is 1. The van der Waals surface area contributed by atoms with Crippen molar-refractivity contribution < 1.29 is 34.8 Å². The SMILES string of the molecule is NC(N)=O.OO.[Zn]. The Morgan fingerprint density at radius 3 is 1.29 bits per heavy atom. The molecule has 7 heavy (non-hydrogen) atoms. The van der Waals surface area contributed by atoms with Crippen LogP contribution in [0.2, 0.25) is 0 Å². The van der Waals surface area contributed by atoms with Gasteiger partial charge in [-0.2, -0.15) is 0 Å². The van der Waals surface area contributed by atoms with Crippen LogP contribution in [0.25, 0.3) is 0 Å². The average molecular weight is 159 g/mol. The van der Waals surface area contributed by atoms with E-state index in [1.807, 2.05) is 0 Å². The summed E-state index contributed by atoms with van der Waals surface area (Å²) in [5, 5.41) is 12.0. The van der Waals surface area contributed by atoms with E-state index < -0.39 is 6.03 Å². The first kappa shape index (κ1) is 15.8. The van der Waals surface area contributed by atoms with Crippen LogP contribution in [0.15, 0.2) is 0 Å². The first-order chi connectivity index (χ1) is 2.73. The standard InChI is InChI=1S/CH4N2O.H2O2.Zn/c2-1(3)4;1-2;/h(H4,2,3,4);1-2H;. The minimum Gasteiger partial charge on any atom is -0.352 e. The van der Waals surface area contributed by atoms with Gasteiger partial charge in [-0.1, -0.05) is 0 Å². The number of hydrogen-bond acceptors (Lipinski definition) is 3. The van der Waals surface area contributed by atoms with Crippen molar-refractivity contribution in [3.05, 3.63) is 0 Å². The zero-order valence-corrected chi connectivity index (χ0v) is 6.63. The van der Waals surface area contributed by atoms with E-state index >= 15 is 0 Å². The third kappa shape index (κ3) is 2430. The summed E-state index contributed by atoms with van der Waals surface area (Å²) in [6.45, 7) is 0. The van der Waals surface area contributed by atoms with Crippen LogP contribution in [0.4, 0.5) is 4.79 Å². The molecule has 0 aliphatic carbocycles. The van der Waals surface area contributed by atoms with E-state index in [1.54, 1.807) is 0 Å². The molecule has 0 aromatic heterocycles. The molecule has 5 nitrogen and oxygen atoms in total. The topological polar surface area (TPSA) is 110 Å². The predicted octanol–water partition coefficient (Wildman–Crippen LogP) is -0.961. The van der Waals surface area contributed by atoms with Gasteiger partial charge in [-0.05, 0) is 0 Å². The van der Waals surface area contributed by atoms with E-state index in [-0.39, 0.29) is 19.5 Å². The molecular formula is CH6N2O3Zn. The van der Waals surface area contributed by atoms with Crippen LogP contribution >= 0.6 is 0 Å². The molecule has 0 unspecified atom stereocenters. The van der Waals surface area contributed by atoms with E-state index in [0.717, 1.165) is 0 Å². The molecule has 6 heteroatoms. The molecule has 0 rings (SSSR count). The molecule has 0 saturated carbocycles. The number of hydrogen-bond donors (Lipinski definition) is 4. The maximum absolute atomic E-state index is 9.00. The second-order valence-electron chi connectivity index (χ2n) is 0.402. The predicted molar refractivity (Wildman–Crippen MR) is 19.0 cm³/mol. The van der Waals surface area contributed by atoms with Gasteiger partial charge in [0.05, 0.1) is 0 Å². The van der Waals surface area contributed by atoms with Gasteiger partial charge >= 0.3 is 6.03 Å². The molecule has 0 aliphatic heterocycles. The summed E-state index contributed by atoms with van der Waals surface area (Å²) < 4.78 is 0. The zero-order chi connectivity index (χ0) is 5.58. The van der Waals surface area contributed by atoms with Gasteiger partial charge in [0.25, 0.3) is 0 Å². The Kier molecular flexibility index (Phi) is 38.5. The van der Waals surface area contributed by atoms with Gasteiger partial charge in [-0.15, -0.1) is 0 Å². The summed E-state index contributed by atoms with van der Waals surface area (Å²) >= 11 is 0. The minimum absolute atomic E-state index is 0. The largest absolute Gasteiger partial charge is 0.352 e. The Labute approximate surface area is 53.0 Å². The molecule has 0 spiro atoms. The molecule has 0 saturated heterocycles. The van der Waals surface area contributed by atoms with E-state index in [0.29, 0.717) is 0 Å². The van der Waals surface area contributed by atoms with Crippen LogP contribution in [0, 0.1) is 0 Å². The number of rotatable bonds is 0. The van der Waals surface area contributed by atoms with Crippen LogP contribution in [0.1, 0.15) is 0 Å². The molecular weight excluding hydrogens is 153 g/mol. The number of carbonyl (C=O) groups is 1. The Hall–Kier alpha value is -0.187. The number of carbonyl (C=O) groups excluding carboxylic acids is 1. The van der Waals surface area contributed by atoms with Crippen molar-refractivity contribution in [1.82, 2.24) is 0 Å². The summed E-state index contributed by atoms with van der Waals surface area (Å²) in [7, 11) is 0. The molecule has 6 N–H and O–H groups in total. The van der Waals surface area contributed by atoms with Crippen molar-refractivity contribution in [3.8, 4) is 0 Å². The van der Waals surface area contributed by atoms with Crippen molar-refractivity contribution in [2.24, 2.45) is 11.5 Å². The summed E-state index contributed by atoms with van der Waals surface area (Å²) in [4.78, 5) is 9.00. The molecule has 0 aromatic rings. The second-order valence-corrected chi connectivity index (χ2v) is 0.402. The fourth-order valence-corrected chi connectivity index (χ4v) is 0. The fourth-order valence-electron chi connectivity index (χ4n) is 0. The van der Waals surface area contributed by atoms with Crippen LogP contribution in [0.3, 0.4) is 0 Å². The van der Waals surface area contributed by atoms with Crippen molar-refractivity contribution in [1.29, 1.82) is 0 Å². The van der Waals surface area contributed by atoms with Gasteiger partial charge in [-0.25, -0.2) is 4.79 Å². The minimum atomic E-state index is -0.833. The van der Waals surface area contributed by atoms with Gasteiger partial charge in [0.2, 0.25) is 0 Å². The van der Waals surface area contributed by atoms with E-state index in [9.17, 15) is 0 Å². The smallest absolute Gasteiger partial charge is 0.309 e. The van der Waals surface area contributed by atoms with Gasteiger partial charge in [0, 0.05) is 19.5 Å². The molecule has 0 fully saturated rings. The first-order valence-corrected chi connectivity index (χ1v) is 0.981. The van der Waals surface area contributed by atoms with Crippen LogP contribution in [0.5, 0.6) is 0 Å². The molecule has 40 valence electrons. The molecule has 0 aromatic carbocycles. The summed E-state index contributed by atoms with van der Waals surface area (Å²) in [6, 6.07) is -0.833. The van der Waals surface area contributed by atoms with Crippen molar-refractivity contribution in [2.75, 3.05) is 0 Å². The maximum Gasteiger partial charge on any atom is 0.309 e. The van der Waals surface area contributed by atoms with Crippen LogP contribution in [-0.4, -0.2) is 16.5 Å². The third-order valence-corrected chi connectivity index (χ3v) is 0. The Balaban J connectivity index is -0.0000000480. The molecule has 0 radical (unpaired) electrons. The monoisotopic (exact) mass is 158 g/mol. The Morgan fingerprint density at radius 1 is 1.29 bits per heavy atom. The van der Waals surface area contributed by atoms with Crippen molar-refractivity contribution in [3.63, 3.8) is 0 Å². The summed E-state index contributed by atoms with van der Waals surface area (Å²) in [5.41, 5.74) is 8.50. The van der Waals surface area contributed by atoms with E-state index in [1.165, 1.54) is 0 Å². The molecule has 2 amide bonds. The Morgan fingerprint density at radius 2 is 1.29 bits per heavy atom. The maximum atomic E-state index is 9.00. The van der Waals surface area contributed by atoms with E-state index in [4.69, 9.17) is 15.3 Å². The zero-order valence-electron chi connectivity index (χ0n) is 3.66. The molecule has 0 heterocycles. The normalized spacial score (nSPS) is 4.29. The van der Waals surface area contributed by atoms with Gasteiger partial charge in [-0.3, -0.25) is 10.5 Å². The van der Waals surface area contributed by atoms with Gasteiger partial charge in [0.15, 0.2) is 0 Å². The fraction of sp³-hybridized carbons (Fsp3) is 0. The van der Waals surface area contributed by atoms with Crippen LogP contribution < -0.4 is 11.5 Å². The first-order valence-electron chi connectivity index (χ1n) is 0.981. The number of amides is 2. The Bertz CT molecular complexity index is 35.9.